The molecule has 4 fully saturated rings. The maximum absolute atomic E-state index is 13.6. The molecule has 3 saturated heterocycles. The highest BCUT2D eigenvalue weighted by Crippen LogP contribution is 2.48. The number of piperazine rings is 2. The van der Waals surface area contributed by atoms with Crippen LogP contribution in [0.25, 0.3) is 10.9 Å². The minimum Gasteiger partial charge on any atom is -0.495 e. The van der Waals surface area contributed by atoms with Gasteiger partial charge in [0.1, 0.15) is 34.5 Å². The quantitative estimate of drug-likeness (QED) is 0.0800. The molecule has 0 spiro atoms. The first-order valence-electron chi connectivity index (χ1n) is 25.3. The first kappa shape index (κ1) is 49.4. The largest absolute Gasteiger partial charge is 0.495 e. The van der Waals surface area contributed by atoms with Crippen molar-refractivity contribution < 1.29 is 42.6 Å². The Bertz CT molecular complexity index is 3230. The van der Waals surface area contributed by atoms with Crippen LogP contribution < -0.4 is 40.5 Å². The number of piperidine rings is 1. The Hall–Kier alpha value is -8.79. The van der Waals surface area contributed by atoms with Crippen molar-refractivity contribution in [3.63, 3.8) is 0 Å². The maximum atomic E-state index is 13.6. The van der Waals surface area contributed by atoms with E-state index in [1.165, 1.54) is 30.5 Å². The molecule has 1 saturated carbocycles. The third kappa shape index (κ3) is 9.97. The van der Waals surface area contributed by atoms with Gasteiger partial charge in [-0.05, 0) is 111 Å². The number of carbonyl (C=O) groups excluding carboxylic acids is 6. The smallest absolute Gasteiger partial charge is 0.276 e. The number of methoxy groups -OCH3 is 1. The lowest BCUT2D eigenvalue weighted by atomic mass is 10.0. The predicted octanol–water partition coefficient (Wildman–Crippen LogP) is 4.79. The van der Waals surface area contributed by atoms with Gasteiger partial charge in [0.2, 0.25) is 23.7 Å². The molecule has 6 amide bonds. The molecule has 2 aromatic heterocycles. The molecule has 1 aliphatic carbocycles. The number of anilines is 5. The molecule has 0 radical (unpaired) electrons. The van der Waals surface area contributed by atoms with E-state index in [-0.39, 0.29) is 17.5 Å². The van der Waals surface area contributed by atoms with Crippen molar-refractivity contribution in [2.45, 2.75) is 31.7 Å². The molecule has 0 bridgehead atoms. The van der Waals surface area contributed by atoms with E-state index >= 15 is 0 Å². The second kappa shape index (κ2) is 20.8. The van der Waals surface area contributed by atoms with Gasteiger partial charge in [-0.3, -0.25) is 43.6 Å². The van der Waals surface area contributed by atoms with Crippen LogP contribution in [0.2, 0.25) is 0 Å². The second-order valence-corrected chi connectivity index (χ2v) is 19.3. The molecule has 11 rings (SSSR count). The van der Waals surface area contributed by atoms with Gasteiger partial charge >= 0.3 is 0 Å². The minimum absolute atomic E-state index is 0.148. The Balaban J connectivity index is 0.632. The number of halogens is 1. The normalized spacial score (nSPS) is 18.2. The molecule has 390 valence electrons. The van der Waals surface area contributed by atoms with Gasteiger partial charge in [-0.2, -0.15) is 0 Å². The van der Waals surface area contributed by atoms with Crippen molar-refractivity contribution in [3.05, 3.63) is 120 Å². The third-order valence-electron chi connectivity index (χ3n) is 14.7. The summed E-state index contributed by atoms with van der Waals surface area (Å²) < 4.78 is 25.5. The highest BCUT2D eigenvalue weighted by molar-refractivity contribution is 6.23. The van der Waals surface area contributed by atoms with Crippen LogP contribution in [-0.4, -0.2) is 155 Å². The molecule has 4 aliphatic heterocycles. The Morgan fingerprint density at radius 1 is 0.763 bits per heavy atom. The molecule has 76 heavy (non-hydrogen) atoms. The Morgan fingerprint density at radius 3 is 2.13 bits per heavy atom. The van der Waals surface area contributed by atoms with E-state index in [4.69, 9.17) is 9.47 Å². The fraction of sp³-hybridized carbons (Fsp3) is 0.333. The Kier molecular flexibility index (Phi) is 13.6. The number of hydrogen-bond acceptors (Lipinski definition) is 16. The van der Waals surface area contributed by atoms with Gasteiger partial charge in [0, 0.05) is 101 Å². The van der Waals surface area contributed by atoms with E-state index < -0.39 is 40.9 Å². The number of benzene rings is 4. The molecular weight excluding hydrogens is 978 g/mol. The fourth-order valence-corrected chi connectivity index (χ4v) is 10.1. The average molecular weight is 1030 g/mol. The van der Waals surface area contributed by atoms with Gasteiger partial charge in [0.05, 0.1) is 35.6 Å². The van der Waals surface area contributed by atoms with Crippen molar-refractivity contribution in [1.29, 1.82) is 0 Å². The molecule has 1 atom stereocenters. The molecule has 4 aromatic carbocycles. The van der Waals surface area contributed by atoms with Gasteiger partial charge in [0.15, 0.2) is 5.69 Å². The molecule has 1 unspecified atom stereocenters. The number of pyridine rings is 1. The van der Waals surface area contributed by atoms with E-state index in [1.807, 2.05) is 18.2 Å². The van der Waals surface area contributed by atoms with E-state index in [1.54, 1.807) is 60.7 Å². The van der Waals surface area contributed by atoms with Crippen molar-refractivity contribution in [3.8, 4) is 17.2 Å². The van der Waals surface area contributed by atoms with Gasteiger partial charge in [-0.15, -0.1) is 10.2 Å². The van der Waals surface area contributed by atoms with Crippen LogP contribution in [0.5, 0.6) is 17.2 Å². The minimum atomic E-state index is -1.20. The van der Waals surface area contributed by atoms with E-state index in [2.05, 4.69) is 56.1 Å². The Labute approximate surface area is 435 Å². The molecule has 21 nitrogen and oxygen atoms in total. The predicted molar refractivity (Wildman–Crippen MR) is 278 cm³/mol. The number of hydrogen-bond donors (Lipinski definition) is 4. The SMILES string of the molecule is COc1cc2c(Oc3ccc(NC(=O)C4(C(=O)Nc5ccc(F)cc5)CC4)cc3)ccnc2cc1N1CCN(C(=O)c2cnc(NCCN3CCN(c4ccc5c(c4)C(=O)N(C4CCCNC4=O)C5=O)CC3)nn2)CC1. The van der Waals surface area contributed by atoms with Crippen LogP contribution in [0.4, 0.5) is 33.1 Å². The summed E-state index contributed by atoms with van der Waals surface area (Å²) in [6.45, 7) is 6.73. The summed E-state index contributed by atoms with van der Waals surface area (Å²) in [5, 5.41) is 20.7. The lowest BCUT2D eigenvalue weighted by Gasteiger charge is -2.36. The Morgan fingerprint density at radius 2 is 1.46 bits per heavy atom. The molecule has 6 heterocycles. The number of nitrogens with zero attached hydrogens (tertiary/aromatic N) is 9. The molecule has 4 N–H and O–H groups in total. The number of fused-ring (bicyclic) bond motifs is 2. The number of nitrogens with one attached hydrogen (secondary N) is 4. The fourth-order valence-electron chi connectivity index (χ4n) is 10.1. The van der Waals surface area contributed by atoms with Crippen molar-refractivity contribution >= 4 is 75.0 Å². The number of carbonyl (C=O) groups is 6. The lowest BCUT2D eigenvalue weighted by Crippen LogP contribution is -2.52. The maximum Gasteiger partial charge on any atom is 0.276 e. The highest BCUT2D eigenvalue weighted by Gasteiger charge is 2.56. The number of ether oxygens (including phenoxy) is 2. The summed E-state index contributed by atoms with van der Waals surface area (Å²) in [4.78, 5) is 97.3. The summed E-state index contributed by atoms with van der Waals surface area (Å²) >= 11 is 0. The first-order valence-corrected chi connectivity index (χ1v) is 25.3. The van der Waals surface area contributed by atoms with Crippen LogP contribution in [0, 0.1) is 11.2 Å². The molecule has 5 aliphatic rings. The zero-order chi connectivity index (χ0) is 52.5. The third-order valence-corrected chi connectivity index (χ3v) is 14.7. The van der Waals surface area contributed by atoms with E-state index in [9.17, 15) is 33.2 Å². The highest BCUT2D eigenvalue weighted by atomic mass is 19.1. The number of imide groups is 1. The number of rotatable bonds is 15. The number of aromatic nitrogens is 4. The van der Waals surface area contributed by atoms with Crippen molar-refractivity contribution in [2.75, 3.05) is 105 Å². The first-order chi connectivity index (χ1) is 36.9. The van der Waals surface area contributed by atoms with Crippen LogP contribution >= 0.6 is 0 Å². The van der Waals surface area contributed by atoms with Gasteiger partial charge in [-0.25, -0.2) is 9.37 Å². The van der Waals surface area contributed by atoms with E-state index in [0.717, 1.165) is 49.0 Å². The molecule has 6 aromatic rings. The zero-order valence-corrected chi connectivity index (χ0v) is 41.6. The summed E-state index contributed by atoms with van der Waals surface area (Å²) in [7, 11) is 1.60. The summed E-state index contributed by atoms with van der Waals surface area (Å²) in [6, 6.07) is 22.4. The van der Waals surface area contributed by atoms with Crippen LogP contribution in [-0.2, 0) is 14.4 Å². The van der Waals surface area contributed by atoms with Crippen molar-refractivity contribution in [1.82, 2.24) is 40.2 Å². The summed E-state index contributed by atoms with van der Waals surface area (Å²) in [5.74, 6) is -0.694. The van der Waals surface area contributed by atoms with Gasteiger partial charge in [0.25, 0.3) is 17.7 Å². The lowest BCUT2D eigenvalue weighted by molar-refractivity contribution is -0.131. The molecule has 22 heteroatoms. The van der Waals surface area contributed by atoms with E-state index in [0.29, 0.717) is 122 Å². The van der Waals surface area contributed by atoms with Gasteiger partial charge in [-0.1, -0.05) is 0 Å². The number of amides is 6. The zero-order valence-electron chi connectivity index (χ0n) is 41.6. The monoisotopic (exact) mass is 1030 g/mol. The van der Waals surface area contributed by atoms with Crippen LogP contribution in [0.3, 0.4) is 0 Å². The standard InChI is InChI=1S/C54H54FN13O8/c1-75-46-30-40-41(56-18-14-45(40)76-37-11-8-35(9-12-37)61-52(74)54(15-16-54)51(73)60-34-6-4-33(55)5-7-34)31-44(46)66-25-27-67(28-26-66)50(72)42-32-59-53(63-62-42)58-19-20-64-21-23-65(24-22-64)36-10-13-38-39(29-36)49(71)68(48(38)70)43-3-2-17-57-47(43)69/h4-14,18,29-32,43H,2-3,15-17,19-28H2,1H3,(H,57,69)(H,60,73)(H,61,74)(H,58,59,63). The van der Waals surface area contributed by atoms with Crippen LogP contribution in [0.15, 0.2) is 97.3 Å². The van der Waals surface area contributed by atoms with Gasteiger partial charge < -0.3 is 45.4 Å². The van der Waals surface area contributed by atoms with Crippen LogP contribution in [0.1, 0.15) is 56.9 Å². The second-order valence-electron chi connectivity index (χ2n) is 19.3. The van der Waals surface area contributed by atoms with Crippen molar-refractivity contribution in [2.24, 2.45) is 5.41 Å². The summed E-state index contributed by atoms with van der Waals surface area (Å²) in [6.07, 6.45) is 5.08. The summed E-state index contributed by atoms with van der Waals surface area (Å²) in [5.41, 5.74) is 2.89. The molecular formula is C54H54FN13O8. The topological polar surface area (TPSA) is 237 Å². The average Bonchev–Trinajstić information content (AvgIpc) is 4.24.